The van der Waals surface area contributed by atoms with Crippen LogP contribution in [0.15, 0.2) is 83.3 Å². The van der Waals surface area contributed by atoms with Crippen LogP contribution in [0.4, 0.5) is 10.5 Å². The maximum Gasteiger partial charge on any atom is 0.325 e. The Hall–Kier alpha value is -3.65. The number of carbonyl (C=O) groups excluding carboxylic acids is 3. The topological polar surface area (TPSA) is 87.7 Å². The van der Waals surface area contributed by atoms with E-state index in [1.54, 1.807) is 49.4 Å². The van der Waals surface area contributed by atoms with E-state index in [1.165, 1.54) is 0 Å². The number of hydrogen-bond donors (Lipinski definition) is 2. The molecule has 4 amide bonds. The molecule has 32 heavy (non-hydrogen) atoms. The first-order valence-corrected chi connectivity index (χ1v) is 10.7. The van der Waals surface area contributed by atoms with Crippen molar-refractivity contribution < 1.29 is 19.1 Å². The Morgan fingerprint density at radius 3 is 2.47 bits per heavy atom. The van der Waals surface area contributed by atoms with Crippen molar-refractivity contribution in [3.05, 3.63) is 88.9 Å². The van der Waals surface area contributed by atoms with Gasteiger partial charge in [0.2, 0.25) is 5.91 Å². The van der Waals surface area contributed by atoms with Crippen LogP contribution in [0.25, 0.3) is 0 Å². The monoisotopic (exact) mass is 493 g/mol. The molecule has 4 rings (SSSR count). The zero-order chi connectivity index (χ0) is 22.7. The molecular weight excluding hydrogens is 474 g/mol. The molecule has 162 valence electrons. The van der Waals surface area contributed by atoms with Gasteiger partial charge in [-0.1, -0.05) is 52.3 Å². The van der Waals surface area contributed by atoms with Crippen LogP contribution in [0.1, 0.15) is 12.5 Å². The summed E-state index contributed by atoms with van der Waals surface area (Å²) in [4.78, 5) is 39.0. The number of ether oxygens (including phenoxy) is 1. The third-order valence-corrected chi connectivity index (χ3v) is 5.57. The van der Waals surface area contributed by atoms with Gasteiger partial charge in [-0.15, -0.1) is 0 Å². The van der Waals surface area contributed by atoms with E-state index in [0.29, 0.717) is 22.7 Å². The molecule has 1 heterocycles. The number of halogens is 1. The van der Waals surface area contributed by atoms with Gasteiger partial charge in [-0.3, -0.25) is 14.5 Å². The van der Waals surface area contributed by atoms with Crippen LogP contribution in [-0.4, -0.2) is 29.3 Å². The van der Waals surface area contributed by atoms with Crippen molar-refractivity contribution >= 4 is 39.5 Å². The van der Waals surface area contributed by atoms with Crippen molar-refractivity contribution in [2.75, 3.05) is 11.9 Å². The number of hydrogen-bond acceptors (Lipinski definition) is 4. The van der Waals surface area contributed by atoms with Crippen LogP contribution in [0.3, 0.4) is 0 Å². The molecule has 0 spiro atoms. The Bertz CT molecular complexity index is 1180. The zero-order valence-electron chi connectivity index (χ0n) is 17.2. The summed E-state index contributed by atoms with van der Waals surface area (Å²) in [7, 11) is 0. The standard InChI is InChI=1S/C24H20BrN3O4/c1-24(16-7-5-8-17(25)13-16)22(30)28(23(31)27-24)15-21(29)26-18-9-6-12-20(14-18)32-19-10-3-2-4-11-19/h2-14H,15H2,1H3,(H,26,29)(H,27,31). The summed E-state index contributed by atoms with van der Waals surface area (Å²) < 4.78 is 6.55. The van der Waals surface area contributed by atoms with Gasteiger partial charge in [0.15, 0.2) is 0 Å². The minimum atomic E-state index is -1.25. The highest BCUT2D eigenvalue weighted by molar-refractivity contribution is 9.10. The van der Waals surface area contributed by atoms with Crippen LogP contribution in [-0.2, 0) is 15.1 Å². The molecule has 0 radical (unpaired) electrons. The van der Waals surface area contributed by atoms with Crippen molar-refractivity contribution in [3.63, 3.8) is 0 Å². The van der Waals surface area contributed by atoms with E-state index in [9.17, 15) is 14.4 Å². The number of benzene rings is 3. The van der Waals surface area contributed by atoms with Crippen molar-refractivity contribution in [2.45, 2.75) is 12.5 Å². The van der Waals surface area contributed by atoms with Crippen molar-refractivity contribution in [1.82, 2.24) is 10.2 Å². The van der Waals surface area contributed by atoms with Gasteiger partial charge in [-0.05, 0) is 48.9 Å². The fourth-order valence-electron chi connectivity index (χ4n) is 3.44. The number of carbonyl (C=O) groups is 3. The van der Waals surface area contributed by atoms with Gasteiger partial charge in [0.1, 0.15) is 23.6 Å². The summed E-state index contributed by atoms with van der Waals surface area (Å²) in [5.41, 5.74) is -0.131. The van der Waals surface area contributed by atoms with Crippen LogP contribution < -0.4 is 15.4 Å². The van der Waals surface area contributed by atoms with Gasteiger partial charge in [-0.2, -0.15) is 0 Å². The van der Waals surface area contributed by atoms with Gasteiger partial charge in [0.25, 0.3) is 5.91 Å². The van der Waals surface area contributed by atoms with Gasteiger partial charge < -0.3 is 15.4 Å². The molecule has 0 aromatic heterocycles. The lowest BCUT2D eigenvalue weighted by Gasteiger charge is -2.22. The summed E-state index contributed by atoms with van der Waals surface area (Å²) in [6, 6.07) is 22.7. The van der Waals surface area contributed by atoms with Crippen LogP contribution in [0, 0.1) is 0 Å². The van der Waals surface area contributed by atoms with E-state index in [-0.39, 0.29) is 0 Å². The van der Waals surface area contributed by atoms with E-state index in [2.05, 4.69) is 26.6 Å². The highest BCUT2D eigenvalue weighted by Gasteiger charge is 2.49. The number of nitrogens with zero attached hydrogens (tertiary/aromatic N) is 1. The number of anilines is 1. The third kappa shape index (κ3) is 4.50. The number of rotatable bonds is 6. The average molecular weight is 494 g/mol. The molecule has 0 bridgehead atoms. The molecule has 1 atom stereocenters. The molecular formula is C24H20BrN3O4. The number of nitrogens with one attached hydrogen (secondary N) is 2. The van der Waals surface area contributed by atoms with Crippen molar-refractivity contribution in [2.24, 2.45) is 0 Å². The fourth-order valence-corrected chi connectivity index (χ4v) is 3.84. The number of imide groups is 1. The summed E-state index contributed by atoms with van der Waals surface area (Å²) in [6.45, 7) is 1.22. The highest BCUT2D eigenvalue weighted by atomic mass is 79.9. The molecule has 0 aliphatic carbocycles. The SMILES string of the molecule is CC1(c2cccc(Br)c2)NC(=O)N(CC(=O)Nc2cccc(Oc3ccccc3)c2)C1=O. The molecule has 3 aromatic carbocycles. The number of para-hydroxylation sites is 1. The largest absolute Gasteiger partial charge is 0.457 e. The van der Waals surface area contributed by atoms with E-state index >= 15 is 0 Å². The lowest BCUT2D eigenvalue weighted by atomic mass is 9.92. The van der Waals surface area contributed by atoms with Crippen molar-refractivity contribution in [1.29, 1.82) is 0 Å². The molecule has 1 aliphatic rings. The first-order chi connectivity index (χ1) is 15.3. The predicted octanol–water partition coefficient (Wildman–Crippen LogP) is 4.65. The number of urea groups is 1. The van der Waals surface area contributed by atoms with Gasteiger partial charge in [0.05, 0.1) is 0 Å². The van der Waals surface area contributed by atoms with Crippen LogP contribution in [0.2, 0.25) is 0 Å². The molecule has 0 saturated carbocycles. The Morgan fingerprint density at radius 1 is 1.00 bits per heavy atom. The summed E-state index contributed by atoms with van der Waals surface area (Å²) in [6.07, 6.45) is 0. The highest BCUT2D eigenvalue weighted by Crippen LogP contribution is 2.30. The first kappa shape index (κ1) is 21.6. The molecule has 7 nitrogen and oxygen atoms in total. The smallest absolute Gasteiger partial charge is 0.325 e. The first-order valence-electron chi connectivity index (χ1n) is 9.88. The molecule has 1 saturated heterocycles. The van der Waals surface area contributed by atoms with E-state index in [4.69, 9.17) is 4.74 Å². The van der Waals surface area contributed by atoms with Crippen molar-refractivity contribution in [3.8, 4) is 11.5 Å². The fraction of sp³-hybridized carbons (Fsp3) is 0.125. The predicted molar refractivity (Wildman–Crippen MR) is 123 cm³/mol. The number of amides is 4. The van der Waals surface area contributed by atoms with Gasteiger partial charge in [-0.25, -0.2) is 4.79 Å². The summed E-state index contributed by atoms with van der Waals surface area (Å²) >= 11 is 3.38. The van der Waals surface area contributed by atoms with E-state index < -0.39 is 29.9 Å². The maximum atomic E-state index is 13.0. The molecule has 8 heteroatoms. The Kier molecular flexibility index (Phi) is 5.96. The molecule has 3 aromatic rings. The Labute approximate surface area is 193 Å². The molecule has 2 N–H and O–H groups in total. The molecule has 1 unspecified atom stereocenters. The van der Waals surface area contributed by atoms with Gasteiger partial charge in [0, 0.05) is 16.2 Å². The second-order valence-electron chi connectivity index (χ2n) is 7.45. The minimum Gasteiger partial charge on any atom is -0.457 e. The maximum absolute atomic E-state index is 13.0. The summed E-state index contributed by atoms with van der Waals surface area (Å²) in [5.74, 6) is 0.231. The Balaban J connectivity index is 1.44. The van der Waals surface area contributed by atoms with E-state index in [1.807, 2.05) is 36.4 Å². The molecule has 1 aliphatic heterocycles. The minimum absolute atomic E-state index is 0.405. The second-order valence-corrected chi connectivity index (χ2v) is 8.36. The second kappa shape index (κ2) is 8.84. The molecule has 1 fully saturated rings. The lowest BCUT2D eigenvalue weighted by Crippen LogP contribution is -2.42. The zero-order valence-corrected chi connectivity index (χ0v) is 18.8. The Morgan fingerprint density at radius 2 is 1.72 bits per heavy atom. The summed E-state index contributed by atoms with van der Waals surface area (Å²) in [5, 5.41) is 5.41. The van der Waals surface area contributed by atoms with Gasteiger partial charge >= 0.3 is 6.03 Å². The normalized spacial score (nSPS) is 17.8. The van der Waals surface area contributed by atoms with Crippen LogP contribution >= 0.6 is 15.9 Å². The van der Waals surface area contributed by atoms with Crippen LogP contribution in [0.5, 0.6) is 11.5 Å². The van der Waals surface area contributed by atoms with E-state index in [0.717, 1.165) is 9.37 Å². The lowest BCUT2D eigenvalue weighted by molar-refractivity contribution is -0.133. The average Bonchev–Trinajstić information content (AvgIpc) is 2.99. The quantitative estimate of drug-likeness (QED) is 0.489. The third-order valence-electron chi connectivity index (χ3n) is 5.08.